The molecule has 3 saturated carbocycles. The smallest absolute Gasteiger partial charge is 0.182 e. The molecule has 10 heteroatoms. The second kappa shape index (κ2) is 13.9. The van der Waals surface area contributed by atoms with Crippen LogP contribution in [-0.4, -0.2) is 103 Å². The van der Waals surface area contributed by atoms with Gasteiger partial charge in [0.2, 0.25) is 0 Å². The van der Waals surface area contributed by atoms with E-state index in [1.54, 1.807) is 13.8 Å². The first-order chi connectivity index (χ1) is 22.1. The average molecular weight is 666 g/mol. The highest BCUT2D eigenvalue weighted by Gasteiger charge is 2.72. The van der Waals surface area contributed by atoms with Crippen molar-refractivity contribution in [2.45, 2.75) is 153 Å². The largest absolute Gasteiger partial charge is 0.396 e. The molecule has 0 aromatic heterocycles. The van der Waals surface area contributed by atoms with Crippen molar-refractivity contribution in [2.75, 3.05) is 19.8 Å². The highest BCUT2D eigenvalue weighted by Crippen LogP contribution is 2.70. The number of aliphatic hydroxyl groups is 7. The SMILES string of the molecule is CCCCCCC1COC(C(O)C(C)(O)C2CCC3(O)C4=C(NCC(C)O)C(=O)C5CC(O)C(O)CC5(C)C4CCC23CCO)C1C. The molecule has 270 valence electrons. The number of ketones is 1. The highest BCUT2D eigenvalue weighted by atomic mass is 16.5. The standard InChI is InChI=1S/C37H63NO9/c1-6-7-8-9-10-23-20-47-32(22(23)3)33(44)35(5,45)28-12-14-37(46)29-24(11-13-36(28,37)15-16-39)34(4)18-27(42)26(41)17-25(34)31(43)30(29)38-19-21(2)40/h21-28,32-33,38-42,44-46H,6-20H2,1-5H3. The number of carbonyl (C=O) groups is 1. The van der Waals surface area contributed by atoms with E-state index in [1.807, 2.05) is 6.92 Å². The molecule has 0 bridgehead atoms. The predicted octanol–water partition coefficient (Wildman–Crippen LogP) is 2.59. The highest BCUT2D eigenvalue weighted by molar-refractivity contribution is 5.99. The van der Waals surface area contributed by atoms with E-state index >= 15 is 0 Å². The fraction of sp³-hybridized carbons (Fsp3) is 0.919. The van der Waals surface area contributed by atoms with Crippen molar-refractivity contribution in [3.8, 4) is 0 Å². The third kappa shape index (κ3) is 6.04. The van der Waals surface area contributed by atoms with Crippen LogP contribution >= 0.6 is 0 Å². The van der Waals surface area contributed by atoms with Crippen molar-refractivity contribution < 1.29 is 45.3 Å². The molecule has 0 aromatic rings. The molecule has 4 fully saturated rings. The van der Waals surface area contributed by atoms with E-state index in [9.17, 15) is 40.5 Å². The van der Waals surface area contributed by atoms with Gasteiger partial charge in [-0.2, -0.15) is 0 Å². The maximum Gasteiger partial charge on any atom is 0.182 e. The number of aliphatic hydroxyl groups excluding tert-OH is 5. The molecule has 14 atom stereocenters. The Kier molecular flexibility index (Phi) is 11.0. The van der Waals surface area contributed by atoms with E-state index in [0.29, 0.717) is 37.4 Å². The first-order valence-corrected chi connectivity index (χ1v) is 18.5. The van der Waals surface area contributed by atoms with Crippen LogP contribution in [0.25, 0.3) is 0 Å². The van der Waals surface area contributed by atoms with Crippen molar-refractivity contribution in [3.63, 3.8) is 0 Å². The molecule has 0 radical (unpaired) electrons. The van der Waals surface area contributed by atoms with Gasteiger partial charge in [-0.25, -0.2) is 0 Å². The Hall–Kier alpha value is -1.11. The molecule has 1 saturated heterocycles. The Morgan fingerprint density at radius 1 is 1.09 bits per heavy atom. The van der Waals surface area contributed by atoms with Gasteiger partial charge in [0.25, 0.3) is 0 Å². The van der Waals surface area contributed by atoms with E-state index in [1.165, 1.54) is 19.3 Å². The molecule has 4 aliphatic carbocycles. The quantitative estimate of drug-likeness (QED) is 0.136. The van der Waals surface area contributed by atoms with Gasteiger partial charge in [0.15, 0.2) is 5.78 Å². The summed E-state index contributed by atoms with van der Waals surface area (Å²) in [6.45, 7) is 9.91. The lowest BCUT2D eigenvalue weighted by atomic mass is 9.44. The number of unbranched alkanes of at least 4 members (excludes halogenated alkanes) is 3. The van der Waals surface area contributed by atoms with Crippen molar-refractivity contribution in [1.29, 1.82) is 0 Å². The molecule has 47 heavy (non-hydrogen) atoms. The van der Waals surface area contributed by atoms with Gasteiger partial charge in [0.1, 0.15) is 6.10 Å². The number of rotatable bonds is 13. The number of carbonyl (C=O) groups excluding carboxylic acids is 1. The number of Topliss-reactive ketones (excluding diaryl/α,β-unsaturated/α-hetero) is 1. The summed E-state index contributed by atoms with van der Waals surface area (Å²) < 4.78 is 6.21. The number of allylic oxidation sites excluding steroid dienone is 1. The number of hydrogen-bond donors (Lipinski definition) is 8. The van der Waals surface area contributed by atoms with Crippen LogP contribution in [0, 0.1) is 40.4 Å². The summed E-state index contributed by atoms with van der Waals surface area (Å²) in [5.74, 6) is -1.38. The molecule has 1 heterocycles. The number of nitrogens with one attached hydrogen (secondary N) is 1. The van der Waals surface area contributed by atoms with Gasteiger partial charge in [0.05, 0.1) is 47.9 Å². The zero-order valence-corrected chi connectivity index (χ0v) is 29.3. The molecule has 5 aliphatic rings. The minimum Gasteiger partial charge on any atom is -0.396 e. The maximum absolute atomic E-state index is 14.4. The normalized spacial score (nSPS) is 44.4. The lowest BCUT2D eigenvalue weighted by Crippen LogP contribution is -2.66. The molecular weight excluding hydrogens is 602 g/mol. The summed E-state index contributed by atoms with van der Waals surface area (Å²) in [6.07, 6.45) is 3.18. The summed E-state index contributed by atoms with van der Waals surface area (Å²) in [5.41, 5.74) is -4.23. The first kappa shape index (κ1) is 37.2. The minimum absolute atomic E-state index is 0.0443. The van der Waals surface area contributed by atoms with Crippen molar-refractivity contribution in [3.05, 3.63) is 11.3 Å². The van der Waals surface area contributed by atoms with Gasteiger partial charge in [-0.15, -0.1) is 0 Å². The summed E-state index contributed by atoms with van der Waals surface area (Å²) >= 11 is 0. The van der Waals surface area contributed by atoms with Crippen molar-refractivity contribution in [1.82, 2.24) is 5.32 Å². The molecule has 0 spiro atoms. The lowest BCUT2D eigenvalue weighted by Gasteiger charge is -2.62. The summed E-state index contributed by atoms with van der Waals surface area (Å²) in [6, 6.07) is 0. The third-order valence-corrected chi connectivity index (χ3v) is 13.9. The fourth-order valence-electron chi connectivity index (χ4n) is 11.2. The molecular formula is C37H63NO9. The predicted molar refractivity (Wildman–Crippen MR) is 177 cm³/mol. The fourth-order valence-corrected chi connectivity index (χ4v) is 11.2. The second-order valence-corrected chi connectivity index (χ2v) is 16.6. The van der Waals surface area contributed by atoms with Gasteiger partial charge >= 0.3 is 0 Å². The Bertz CT molecular complexity index is 1160. The van der Waals surface area contributed by atoms with Crippen molar-refractivity contribution in [2.24, 2.45) is 40.4 Å². The molecule has 5 rings (SSSR count). The molecule has 10 nitrogen and oxygen atoms in total. The van der Waals surface area contributed by atoms with Crippen LogP contribution in [0.2, 0.25) is 0 Å². The summed E-state index contributed by atoms with van der Waals surface area (Å²) in [5, 5.41) is 82.8. The topological polar surface area (TPSA) is 180 Å². The van der Waals surface area contributed by atoms with Crippen LogP contribution in [0.5, 0.6) is 0 Å². The van der Waals surface area contributed by atoms with Crippen LogP contribution < -0.4 is 5.32 Å². The zero-order chi connectivity index (χ0) is 34.5. The summed E-state index contributed by atoms with van der Waals surface area (Å²) in [4.78, 5) is 14.4. The van der Waals surface area contributed by atoms with Crippen LogP contribution in [0.3, 0.4) is 0 Å². The Labute approximate surface area is 281 Å². The monoisotopic (exact) mass is 665 g/mol. The van der Waals surface area contributed by atoms with Crippen LogP contribution in [-0.2, 0) is 9.53 Å². The van der Waals surface area contributed by atoms with E-state index in [0.717, 1.165) is 12.8 Å². The van der Waals surface area contributed by atoms with Gasteiger partial charge in [-0.1, -0.05) is 46.5 Å². The number of hydrogen-bond acceptors (Lipinski definition) is 10. The van der Waals surface area contributed by atoms with Crippen LogP contribution in [0.4, 0.5) is 0 Å². The molecule has 1 aliphatic heterocycles. The van der Waals surface area contributed by atoms with Gasteiger partial charge in [-0.3, -0.25) is 4.79 Å². The van der Waals surface area contributed by atoms with Crippen LogP contribution in [0.1, 0.15) is 112 Å². The van der Waals surface area contributed by atoms with Crippen LogP contribution in [0.15, 0.2) is 11.3 Å². The van der Waals surface area contributed by atoms with Crippen molar-refractivity contribution >= 4 is 5.78 Å². The van der Waals surface area contributed by atoms with E-state index < -0.39 is 64.4 Å². The second-order valence-electron chi connectivity index (χ2n) is 16.6. The molecule has 14 unspecified atom stereocenters. The lowest BCUT2D eigenvalue weighted by molar-refractivity contribution is -0.203. The Morgan fingerprint density at radius 2 is 1.81 bits per heavy atom. The molecule has 8 N–H and O–H groups in total. The average Bonchev–Trinajstić information content (AvgIpc) is 3.53. The molecule has 0 aromatic carbocycles. The van der Waals surface area contributed by atoms with Gasteiger partial charge in [0, 0.05) is 24.5 Å². The Balaban J connectivity index is 1.52. The van der Waals surface area contributed by atoms with Gasteiger partial charge in [-0.05, 0) is 99.9 Å². The number of ether oxygens (including phenoxy) is 1. The zero-order valence-electron chi connectivity index (χ0n) is 29.3. The first-order valence-electron chi connectivity index (χ1n) is 18.5. The number of fused-ring (bicyclic) bond motifs is 5. The van der Waals surface area contributed by atoms with E-state index in [-0.39, 0.29) is 62.2 Å². The maximum atomic E-state index is 14.4. The summed E-state index contributed by atoms with van der Waals surface area (Å²) in [7, 11) is 0. The Morgan fingerprint density at radius 3 is 2.47 bits per heavy atom. The van der Waals surface area contributed by atoms with E-state index in [2.05, 4.69) is 19.2 Å². The van der Waals surface area contributed by atoms with Gasteiger partial charge < -0.3 is 45.8 Å². The molecule has 0 amide bonds. The minimum atomic E-state index is -1.66. The van der Waals surface area contributed by atoms with E-state index in [4.69, 9.17) is 4.74 Å². The third-order valence-electron chi connectivity index (χ3n) is 13.9.